The zero-order valence-corrected chi connectivity index (χ0v) is 8.16. The maximum absolute atomic E-state index is 11.3. The van der Waals surface area contributed by atoms with Crippen molar-refractivity contribution in [3.63, 3.8) is 0 Å². The predicted molar refractivity (Wildman–Crippen MR) is 48.6 cm³/mol. The molecule has 3 nitrogen and oxygen atoms in total. The van der Waals surface area contributed by atoms with Crippen molar-refractivity contribution in [3.8, 4) is 0 Å². The highest BCUT2D eigenvalue weighted by Gasteiger charge is 2.12. The Morgan fingerprint density at radius 1 is 1.54 bits per heavy atom. The molecule has 1 aromatic heterocycles. The van der Waals surface area contributed by atoms with E-state index in [4.69, 9.17) is 9.15 Å². The van der Waals surface area contributed by atoms with Crippen molar-refractivity contribution < 1.29 is 13.9 Å². The van der Waals surface area contributed by atoms with Gasteiger partial charge in [0.15, 0.2) is 0 Å². The van der Waals surface area contributed by atoms with Gasteiger partial charge < -0.3 is 9.15 Å². The number of ether oxygens (including phenoxy) is 1. The summed E-state index contributed by atoms with van der Waals surface area (Å²) < 4.78 is 10.2. The highest BCUT2D eigenvalue weighted by atomic mass is 16.6. The second-order valence-corrected chi connectivity index (χ2v) is 3.07. The van der Waals surface area contributed by atoms with Crippen LogP contribution in [0.4, 0.5) is 0 Å². The molecule has 0 atom stereocenters. The second-order valence-electron chi connectivity index (χ2n) is 3.07. The average Bonchev–Trinajstić information content (AvgIpc) is 2.50. The first kappa shape index (κ1) is 9.84. The number of furan rings is 1. The maximum Gasteiger partial charge on any atom is 0.374 e. The summed E-state index contributed by atoms with van der Waals surface area (Å²) in [5, 5.41) is 0. The quantitative estimate of drug-likeness (QED) is 0.674. The molecule has 0 fully saturated rings. The third kappa shape index (κ3) is 2.61. The van der Waals surface area contributed by atoms with Crippen LogP contribution < -0.4 is 0 Å². The van der Waals surface area contributed by atoms with E-state index in [-0.39, 0.29) is 11.9 Å². The Morgan fingerprint density at radius 3 is 2.69 bits per heavy atom. The van der Waals surface area contributed by atoms with Gasteiger partial charge in [-0.2, -0.15) is 0 Å². The van der Waals surface area contributed by atoms with Crippen molar-refractivity contribution in [1.82, 2.24) is 0 Å². The van der Waals surface area contributed by atoms with Gasteiger partial charge in [0.25, 0.3) is 0 Å². The predicted octanol–water partition coefficient (Wildman–Crippen LogP) is 2.41. The molecule has 1 aromatic rings. The van der Waals surface area contributed by atoms with Gasteiger partial charge in [-0.1, -0.05) is 6.92 Å². The van der Waals surface area contributed by atoms with Crippen LogP contribution in [-0.2, 0) is 11.2 Å². The van der Waals surface area contributed by atoms with E-state index in [0.717, 1.165) is 12.2 Å². The minimum Gasteiger partial charge on any atom is -0.457 e. The van der Waals surface area contributed by atoms with E-state index >= 15 is 0 Å². The molecule has 3 heteroatoms. The third-order valence-corrected chi connectivity index (χ3v) is 1.55. The van der Waals surface area contributed by atoms with E-state index in [0.29, 0.717) is 0 Å². The van der Waals surface area contributed by atoms with Gasteiger partial charge in [-0.05, 0) is 26.0 Å². The summed E-state index contributed by atoms with van der Waals surface area (Å²) in [5.41, 5.74) is 0. The van der Waals surface area contributed by atoms with Gasteiger partial charge in [-0.15, -0.1) is 0 Å². The summed E-state index contributed by atoms with van der Waals surface area (Å²) in [7, 11) is 0. The molecule has 0 aromatic carbocycles. The van der Waals surface area contributed by atoms with Crippen LogP contribution in [0, 0.1) is 0 Å². The molecule has 0 aliphatic heterocycles. The molecule has 0 saturated heterocycles. The topological polar surface area (TPSA) is 39.4 Å². The van der Waals surface area contributed by atoms with E-state index < -0.39 is 5.97 Å². The average molecular weight is 182 g/mol. The number of rotatable bonds is 3. The number of esters is 1. The van der Waals surface area contributed by atoms with Gasteiger partial charge in [-0.3, -0.25) is 0 Å². The first-order valence-electron chi connectivity index (χ1n) is 4.43. The Balaban J connectivity index is 2.66. The molecule has 13 heavy (non-hydrogen) atoms. The number of hydrogen-bond donors (Lipinski definition) is 0. The van der Waals surface area contributed by atoms with Gasteiger partial charge in [0.1, 0.15) is 5.76 Å². The van der Waals surface area contributed by atoms with Crippen LogP contribution in [0.15, 0.2) is 16.5 Å². The lowest BCUT2D eigenvalue weighted by molar-refractivity contribution is 0.0339. The Hall–Kier alpha value is -1.25. The minimum atomic E-state index is -0.394. The van der Waals surface area contributed by atoms with E-state index in [2.05, 4.69) is 0 Å². The van der Waals surface area contributed by atoms with E-state index in [9.17, 15) is 4.79 Å². The molecule has 1 rings (SSSR count). The molecule has 0 radical (unpaired) electrons. The molecule has 0 spiro atoms. The Labute approximate surface area is 77.7 Å². The summed E-state index contributed by atoms with van der Waals surface area (Å²) in [6.07, 6.45) is 0.678. The molecule has 0 unspecified atom stereocenters. The van der Waals surface area contributed by atoms with Crippen LogP contribution in [0.1, 0.15) is 37.1 Å². The fourth-order valence-corrected chi connectivity index (χ4v) is 0.950. The highest BCUT2D eigenvalue weighted by Crippen LogP contribution is 2.10. The Bertz CT molecular complexity index is 286. The van der Waals surface area contributed by atoms with Gasteiger partial charge >= 0.3 is 5.97 Å². The molecule has 0 amide bonds. The van der Waals surface area contributed by atoms with Gasteiger partial charge in [0, 0.05) is 6.42 Å². The zero-order chi connectivity index (χ0) is 9.84. The monoisotopic (exact) mass is 182 g/mol. The molecule has 0 aliphatic carbocycles. The Kier molecular flexibility index (Phi) is 3.12. The third-order valence-electron chi connectivity index (χ3n) is 1.55. The van der Waals surface area contributed by atoms with Gasteiger partial charge in [0.2, 0.25) is 5.76 Å². The largest absolute Gasteiger partial charge is 0.457 e. The SMILES string of the molecule is CCc1ccc(C(=O)OC(C)C)o1. The fraction of sp³-hybridized carbons (Fsp3) is 0.500. The van der Waals surface area contributed by atoms with Crippen molar-refractivity contribution in [2.75, 3.05) is 0 Å². The van der Waals surface area contributed by atoms with Crippen molar-refractivity contribution in [3.05, 3.63) is 23.7 Å². The van der Waals surface area contributed by atoms with Gasteiger partial charge in [-0.25, -0.2) is 4.79 Å². The minimum absolute atomic E-state index is 0.109. The van der Waals surface area contributed by atoms with Crippen molar-refractivity contribution >= 4 is 5.97 Å². The standard InChI is InChI=1S/C10H14O3/c1-4-8-5-6-9(13-8)10(11)12-7(2)3/h5-7H,4H2,1-3H3. The summed E-state index contributed by atoms with van der Waals surface area (Å²) in [6.45, 7) is 5.58. The first-order valence-corrected chi connectivity index (χ1v) is 4.43. The summed E-state index contributed by atoms with van der Waals surface area (Å²) in [5.74, 6) is 0.691. The molecular weight excluding hydrogens is 168 g/mol. The number of hydrogen-bond acceptors (Lipinski definition) is 3. The number of carbonyl (C=O) groups is 1. The zero-order valence-electron chi connectivity index (χ0n) is 8.16. The number of aryl methyl sites for hydroxylation is 1. The Morgan fingerprint density at radius 2 is 2.23 bits per heavy atom. The van der Waals surface area contributed by atoms with Crippen LogP contribution in [0.3, 0.4) is 0 Å². The summed E-state index contributed by atoms with van der Waals surface area (Å²) in [4.78, 5) is 11.3. The molecule has 0 saturated carbocycles. The van der Waals surface area contributed by atoms with Crippen LogP contribution in [0.25, 0.3) is 0 Å². The lowest BCUT2D eigenvalue weighted by atomic mass is 10.3. The summed E-state index contributed by atoms with van der Waals surface area (Å²) >= 11 is 0. The molecule has 72 valence electrons. The molecular formula is C10H14O3. The van der Waals surface area contributed by atoms with Crippen molar-refractivity contribution in [1.29, 1.82) is 0 Å². The second kappa shape index (κ2) is 4.12. The smallest absolute Gasteiger partial charge is 0.374 e. The van der Waals surface area contributed by atoms with Crippen LogP contribution in [0.5, 0.6) is 0 Å². The maximum atomic E-state index is 11.3. The number of carbonyl (C=O) groups excluding carboxylic acids is 1. The highest BCUT2D eigenvalue weighted by molar-refractivity contribution is 5.86. The van der Waals surface area contributed by atoms with E-state index in [1.165, 1.54) is 0 Å². The van der Waals surface area contributed by atoms with Gasteiger partial charge in [0.05, 0.1) is 6.10 Å². The molecule has 0 aliphatic rings. The molecule has 0 N–H and O–H groups in total. The lowest BCUT2D eigenvalue weighted by Crippen LogP contribution is -2.10. The lowest BCUT2D eigenvalue weighted by Gasteiger charge is -2.04. The van der Waals surface area contributed by atoms with Crippen LogP contribution >= 0.6 is 0 Å². The molecule has 0 bridgehead atoms. The van der Waals surface area contributed by atoms with Crippen LogP contribution in [0.2, 0.25) is 0 Å². The molecule has 1 heterocycles. The van der Waals surface area contributed by atoms with Crippen molar-refractivity contribution in [2.45, 2.75) is 33.3 Å². The fourth-order valence-electron chi connectivity index (χ4n) is 0.950. The van der Waals surface area contributed by atoms with Crippen LogP contribution in [-0.4, -0.2) is 12.1 Å². The summed E-state index contributed by atoms with van der Waals surface area (Å²) in [6, 6.07) is 3.43. The normalized spacial score (nSPS) is 10.5. The van der Waals surface area contributed by atoms with Crippen molar-refractivity contribution in [2.24, 2.45) is 0 Å². The first-order chi connectivity index (χ1) is 6.13. The van der Waals surface area contributed by atoms with E-state index in [1.807, 2.05) is 20.8 Å². The van der Waals surface area contributed by atoms with E-state index in [1.54, 1.807) is 12.1 Å².